The second kappa shape index (κ2) is 5.34. The van der Waals surface area contributed by atoms with Gasteiger partial charge in [0.05, 0.1) is 11.4 Å². The molecule has 1 aromatic carbocycles. The van der Waals surface area contributed by atoms with Crippen molar-refractivity contribution in [2.24, 2.45) is 0 Å². The Hall–Kier alpha value is -1.04. The van der Waals surface area contributed by atoms with Crippen LogP contribution in [0.2, 0.25) is 0 Å². The molecule has 90 valence electrons. The summed E-state index contributed by atoms with van der Waals surface area (Å²) in [7, 11) is 0. The van der Waals surface area contributed by atoms with Crippen LogP contribution in [0.25, 0.3) is 0 Å². The molecule has 0 spiro atoms. The third-order valence-electron chi connectivity index (χ3n) is 1.89. The molecule has 0 radical (unpaired) electrons. The van der Waals surface area contributed by atoms with Crippen molar-refractivity contribution in [2.75, 3.05) is 23.3 Å². The first kappa shape index (κ1) is 13.0. The highest BCUT2D eigenvalue weighted by Crippen LogP contribution is 2.29. The highest BCUT2D eigenvalue weighted by atomic mass is 32.2. The minimum Gasteiger partial charge on any atom is -0.397 e. The van der Waals surface area contributed by atoms with E-state index >= 15 is 0 Å². The smallest absolute Gasteiger partial charge is 0.397 e. The van der Waals surface area contributed by atoms with Crippen LogP contribution in [0.5, 0.6) is 0 Å². The fourth-order valence-electron chi connectivity index (χ4n) is 1.18. The molecule has 0 amide bonds. The molecule has 1 rings (SSSR count). The standard InChI is InChI=1S/C10H13F3N2S/c1-7-2-3-8(14)9(6-7)15-4-5-16-10(11,12)13/h2-3,6,15H,4-5,14H2,1H3. The van der Waals surface area contributed by atoms with E-state index in [1.807, 2.05) is 19.1 Å². The highest BCUT2D eigenvalue weighted by molar-refractivity contribution is 8.00. The van der Waals surface area contributed by atoms with Crippen LogP contribution in [0.15, 0.2) is 18.2 Å². The monoisotopic (exact) mass is 250 g/mol. The van der Waals surface area contributed by atoms with Crippen LogP contribution in [0, 0.1) is 6.92 Å². The van der Waals surface area contributed by atoms with Crippen LogP contribution in [0.1, 0.15) is 5.56 Å². The van der Waals surface area contributed by atoms with Gasteiger partial charge in [0.1, 0.15) is 0 Å². The van der Waals surface area contributed by atoms with Crippen LogP contribution in [0.3, 0.4) is 0 Å². The Bertz CT molecular complexity index is 352. The number of hydrogen-bond acceptors (Lipinski definition) is 3. The van der Waals surface area contributed by atoms with Gasteiger partial charge in [0, 0.05) is 12.3 Å². The summed E-state index contributed by atoms with van der Waals surface area (Å²) in [5.74, 6) is -0.0309. The Kier molecular flexibility index (Phi) is 4.35. The second-order valence-electron chi connectivity index (χ2n) is 3.31. The van der Waals surface area contributed by atoms with Gasteiger partial charge < -0.3 is 11.1 Å². The fraction of sp³-hybridized carbons (Fsp3) is 0.400. The molecule has 0 aliphatic rings. The van der Waals surface area contributed by atoms with E-state index in [1.54, 1.807) is 6.07 Å². The maximum absolute atomic E-state index is 11.8. The van der Waals surface area contributed by atoms with Crippen molar-refractivity contribution in [1.82, 2.24) is 0 Å². The van der Waals surface area contributed by atoms with Gasteiger partial charge in [0.15, 0.2) is 0 Å². The van der Waals surface area contributed by atoms with Crippen molar-refractivity contribution in [3.8, 4) is 0 Å². The lowest BCUT2D eigenvalue weighted by Crippen LogP contribution is -2.10. The minimum atomic E-state index is -4.17. The van der Waals surface area contributed by atoms with Crippen LogP contribution in [-0.4, -0.2) is 17.8 Å². The van der Waals surface area contributed by atoms with Gasteiger partial charge in [-0.05, 0) is 36.4 Å². The molecular weight excluding hydrogens is 237 g/mol. The van der Waals surface area contributed by atoms with Gasteiger partial charge in [-0.25, -0.2) is 0 Å². The van der Waals surface area contributed by atoms with Crippen molar-refractivity contribution in [1.29, 1.82) is 0 Å². The van der Waals surface area contributed by atoms with Crippen molar-refractivity contribution < 1.29 is 13.2 Å². The molecule has 0 aliphatic carbocycles. The number of nitrogens with two attached hydrogens (primary N) is 1. The van der Waals surface area contributed by atoms with E-state index in [0.717, 1.165) is 5.56 Å². The molecule has 0 unspecified atom stereocenters. The summed E-state index contributed by atoms with van der Waals surface area (Å²) < 4.78 is 35.5. The topological polar surface area (TPSA) is 38.0 Å². The Balaban J connectivity index is 2.40. The molecule has 6 heteroatoms. The molecular formula is C10H13F3N2S. The van der Waals surface area contributed by atoms with Crippen molar-refractivity contribution in [3.05, 3.63) is 23.8 Å². The van der Waals surface area contributed by atoms with E-state index in [1.165, 1.54) is 0 Å². The van der Waals surface area contributed by atoms with Gasteiger partial charge in [-0.1, -0.05) is 6.07 Å². The van der Waals surface area contributed by atoms with Crippen molar-refractivity contribution in [3.63, 3.8) is 0 Å². The summed E-state index contributed by atoms with van der Waals surface area (Å²) in [6.07, 6.45) is 0. The molecule has 0 fully saturated rings. The van der Waals surface area contributed by atoms with E-state index in [0.29, 0.717) is 11.4 Å². The Morgan fingerprint density at radius 1 is 1.38 bits per heavy atom. The van der Waals surface area contributed by atoms with Crippen LogP contribution < -0.4 is 11.1 Å². The lowest BCUT2D eigenvalue weighted by atomic mass is 10.2. The number of hydrogen-bond donors (Lipinski definition) is 2. The predicted molar refractivity (Wildman–Crippen MR) is 62.6 cm³/mol. The van der Waals surface area contributed by atoms with Crippen LogP contribution in [-0.2, 0) is 0 Å². The first-order valence-corrected chi connectivity index (χ1v) is 5.68. The number of nitrogen functional groups attached to an aromatic ring is 1. The van der Waals surface area contributed by atoms with Gasteiger partial charge in [-0.2, -0.15) is 13.2 Å². The Morgan fingerprint density at radius 3 is 2.69 bits per heavy atom. The summed E-state index contributed by atoms with van der Waals surface area (Å²) in [4.78, 5) is 0. The number of thioether (sulfide) groups is 1. The number of anilines is 2. The number of halogens is 3. The van der Waals surface area contributed by atoms with Crippen molar-refractivity contribution >= 4 is 23.1 Å². The Labute approximate surface area is 96.4 Å². The molecule has 0 atom stereocenters. The predicted octanol–water partition coefficient (Wildman–Crippen LogP) is 3.24. The summed E-state index contributed by atoms with van der Waals surface area (Å²) in [5, 5.41) is 2.88. The molecule has 0 saturated carbocycles. The maximum Gasteiger partial charge on any atom is 0.441 e. The zero-order valence-corrected chi connectivity index (χ0v) is 9.58. The number of rotatable bonds is 4. The van der Waals surface area contributed by atoms with E-state index < -0.39 is 5.51 Å². The molecule has 0 bridgehead atoms. The number of nitrogens with one attached hydrogen (secondary N) is 1. The van der Waals surface area contributed by atoms with Gasteiger partial charge in [0.25, 0.3) is 0 Å². The zero-order valence-electron chi connectivity index (χ0n) is 8.77. The average Bonchev–Trinajstić information content (AvgIpc) is 2.16. The fourth-order valence-corrected chi connectivity index (χ4v) is 1.61. The third-order valence-corrected chi connectivity index (χ3v) is 2.63. The summed E-state index contributed by atoms with van der Waals surface area (Å²) >= 11 is -0.0404. The van der Waals surface area contributed by atoms with Crippen LogP contribution in [0.4, 0.5) is 24.5 Å². The first-order chi connectivity index (χ1) is 7.38. The molecule has 0 heterocycles. The zero-order chi connectivity index (χ0) is 12.2. The van der Waals surface area contributed by atoms with Crippen LogP contribution >= 0.6 is 11.8 Å². The molecule has 0 aromatic heterocycles. The SMILES string of the molecule is Cc1ccc(N)c(NCCSC(F)(F)F)c1. The van der Waals surface area contributed by atoms with Gasteiger partial charge in [-0.15, -0.1) is 0 Å². The molecule has 2 nitrogen and oxygen atoms in total. The summed E-state index contributed by atoms with van der Waals surface area (Å²) in [6.45, 7) is 2.13. The minimum absolute atomic E-state index is 0.0309. The highest BCUT2D eigenvalue weighted by Gasteiger charge is 2.27. The van der Waals surface area contributed by atoms with Gasteiger partial charge in [-0.3, -0.25) is 0 Å². The third kappa shape index (κ3) is 4.65. The second-order valence-corrected chi connectivity index (χ2v) is 4.47. The van der Waals surface area contributed by atoms with Gasteiger partial charge >= 0.3 is 5.51 Å². The summed E-state index contributed by atoms with van der Waals surface area (Å²) in [5.41, 5.74) is 3.74. The largest absolute Gasteiger partial charge is 0.441 e. The lowest BCUT2D eigenvalue weighted by Gasteiger charge is -2.10. The normalized spacial score (nSPS) is 11.5. The maximum atomic E-state index is 11.8. The molecule has 0 saturated heterocycles. The number of benzene rings is 1. The van der Waals surface area contributed by atoms with Gasteiger partial charge in [0.2, 0.25) is 0 Å². The number of alkyl halides is 3. The lowest BCUT2D eigenvalue weighted by molar-refractivity contribution is -0.0327. The van der Waals surface area contributed by atoms with Crippen molar-refractivity contribution in [2.45, 2.75) is 12.4 Å². The average molecular weight is 250 g/mol. The van der Waals surface area contributed by atoms with E-state index in [-0.39, 0.29) is 24.1 Å². The summed E-state index contributed by atoms with van der Waals surface area (Å²) in [6, 6.07) is 5.40. The quantitative estimate of drug-likeness (QED) is 0.636. The molecule has 16 heavy (non-hydrogen) atoms. The van der Waals surface area contributed by atoms with E-state index in [4.69, 9.17) is 5.73 Å². The van der Waals surface area contributed by atoms with E-state index in [9.17, 15) is 13.2 Å². The Morgan fingerprint density at radius 2 is 2.06 bits per heavy atom. The molecule has 0 aliphatic heterocycles. The number of aryl methyl sites for hydroxylation is 1. The first-order valence-electron chi connectivity index (χ1n) is 4.69. The molecule has 1 aromatic rings. The van der Waals surface area contributed by atoms with E-state index in [2.05, 4.69) is 5.32 Å². The molecule has 3 N–H and O–H groups in total.